The van der Waals surface area contributed by atoms with Gasteiger partial charge >= 0.3 is 0 Å². The van der Waals surface area contributed by atoms with Crippen molar-refractivity contribution in [2.24, 2.45) is 0 Å². The molecule has 0 fully saturated rings. The molecular formula is C18H24N2. The molecule has 20 heavy (non-hydrogen) atoms. The maximum absolute atomic E-state index is 6.05. The van der Waals surface area contributed by atoms with Gasteiger partial charge in [0.05, 0.1) is 11.4 Å². The zero-order valence-corrected chi connectivity index (χ0v) is 12.9. The summed E-state index contributed by atoms with van der Waals surface area (Å²) < 4.78 is 0. The number of benzene rings is 2. The van der Waals surface area contributed by atoms with Crippen molar-refractivity contribution in [1.82, 2.24) is 0 Å². The number of hydrogen-bond donors (Lipinski definition) is 2. The maximum Gasteiger partial charge on any atom is 0.0576 e. The molecule has 3 N–H and O–H groups in total. The number of hydrogen-bond acceptors (Lipinski definition) is 2. The molecule has 0 aliphatic rings. The molecule has 0 saturated heterocycles. The number of nitrogens with two attached hydrogens (primary N) is 1. The fourth-order valence-corrected chi connectivity index (χ4v) is 2.29. The molecule has 0 amide bonds. The smallest absolute Gasteiger partial charge is 0.0576 e. The maximum atomic E-state index is 6.05. The van der Waals surface area contributed by atoms with Crippen LogP contribution >= 0.6 is 0 Å². The summed E-state index contributed by atoms with van der Waals surface area (Å²) in [4.78, 5) is 0. The van der Waals surface area contributed by atoms with Crippen molar-refractivity contribution < 1.29 is 0 Å². The predicted octanol–water partition coefficient (Wildman–Crippen LogP) is 4.16. The Morgan fingerprint density at radius 1 is 0.850 bits per heavy atom. The van der Waals surface area contributed by atoms with Crippen LogP contribution in [0.5, 0.6) is 0 Å². The summed E-state index contributed by atoms with van der Waals surface area (Å²) in [5, 5.41) is 3.44. The van der Waals surface area contributed by atoms with Crippen molar-refractivity contribution in [3.8, 4) is 0 Å². The third-order valence-corrected chi connectivity index (χ3v) is 3.97. The van der Waals surface area contributed by atoms with Gasteiger partial charge < -0.3 is 11.1 Å². The average molecular weight is 268 g/mol. The van der Waals surface area contributed by atoms with Gasteiger partial charge in [-0.25, -0.2) is 0 Å². The number of nitrogen functional groups attached to an aromatic ring is 1. The molecule has 0 atom stereocenters. The molecular weight excluding hydrogens is 244 g/mol. The Balaban J connectivity index is 1.99. The van der Waals surface area contributed by atoms with E-state index in [2.05, 4.69) is 57.3 Å². The topological polar surface area (TPSA) is 38.0 Å². The lowest BCUT2D eigenvalue weighted by Crippen LogP contribution is -2.07. The molecule has 2 nitrogen and oxygen atoms in total. The molecule has 0 unspecified atom stereocenters. The monoisotopic (exact) mass is 268 g/mol. The Morgan fingerprint density at radius 3 is 2.20 bits per heavy atom. The van der Waals surface area contributed by atoms with Crippen molar-refractivity contribution >= 4 is 11.4 Å². The van der Waals surface area contributed by atoms with Gasteiger partial charge in [0.15, 0.2) is 0 Å². The minimum atomic E-state index is 0.827. The van der Waals surface area contributed by atoms with Crippen LogP contribution in [0.15, 0.2) is 30.3 Å². The van der Waals surface area contributed by atoms with Crippen molar-refractivity contribution in [2.45, 2.75) is 34.1 Å². The van der Waals surface area contributed by atoms with Crippen LogP contribution in [0.4, 0.5) is 11.4 Å². The van der Waals surface area contributed by atoms with Crippen molar-refractivity contribution in [1.29, 1.82) is 0 Å². The highest BCUT2D eigenvalue weighted by molar-refractivity contribution is 5.68. The molecule has 2 rings (SSSR count). The molecule has 2 aromatic rings. The SMILES string of the molecule is Cc1ccc(CCNc2cc(C)c(C)cc2N)cc1C. The number of nitrogens with one attached hydrogen (secondary N) is 1. The van der Waals surface area contributed by atoms with E-state index in [0.29, 0.717) is 0 Å². The van der Waals surface area contributed by atoms with Gasteiger partial charge in [0.2, 0.25) is 0 Å². The van der Waals surface area contributed by atoms with Gasteiger partial charge in [0.1, 0.15) is 0 Å². The van der Waals surface area contributed by atoms with Crippen LogP contribution in [0.2, 0.25) is 0 Å². The number of rotatable bonds is 4. The summed E-state index contributed by atoms with van der Waals surface area (Å²) >= 11 is 0. The predicted molar refractivity (Wildman–Crippen MR) is 88.4 cm³/mol. The van der Waals surface area contributed by atoms with Gasteiger partial charge in [0.25, 0.3) is 0 Å². The zero-order valence-electron chi connectivity index (χ0n) is 12.9. The first-order valence-corrected chi connectivity index (χ1v) is 7.14. The zero-order chi connectivity index (χ0) is 14.7. The Labute approximate surface area is 122 Å². The lowest BCUT2D eigenvalue weighted by molar-refractivity contribution is 1.01. The molecule has 0 aliphatic heterocycles. The summed E-state index contributed by atoms with van der Waals surface area (Å²) in [6.45, 7) is 9.41. The molecule has 2 aromatic carbocycles. The van der Waals surface area contributed by atoms with E-state index in [1.54, 1.807) is 0 Å². The van der Waals surface area contributed by atoms with E-state index in [1.807, 2.05) is 6.07 Å². The van der Waals surface area contributed by atoms with E-state index >= 15 is 0 Å². The highest BCUT2D eigenvalue weighted by atomic mass is 14.9. The molecule has 0 aliphatic carbocycles. The van der Waals surface area contributed by atoms with Gasteiger partial charge in [-0.15, -0.1) is 0 Å². The van der Waals surface area contributed by atoms with E-state index in [4.69, 9.17) is 5.73 Å². The fourth-order valence-electron chi connectivity index (χ4n) is 2.29. The van der Waals surface area contributed by atoms with E-state index in [-0.39, 0.29) is 0 Å². The van der Waals surface area contributed by atoms with Crippen molar-refractivity contribution in [3.05, 3.63) is 58.1 Å². The van der Waals surface area contributed by atoms with Crippen LogP contribution in [0.3, 0.4) is 0 Å². The minimum Gasteiger partial charge on any atom is -0.397 e. The Bertz CT molecular complexity index is 615. The third-order valence-electron chi connectivity index (χ3n) is 3.97. The molecule has 0 heterocycles. The number of anilines is 2. The van der Waals surface area contributed by atoms with Crippen LogP contribution in [0.25, 0.3) is 0 Å². The Kier molecular flexibility index (Phi) is 4.33. The van der Waals surface area contributed by atoms with Crippen LogP contribution < -0.4 is 11.1 Å². The number of aryl methyl sites for hydroxylation is 4. The second-order valence-electron chi connectivity index (χ2n) is 5.62. The van der Waals surface area contributed by atoms with E-state index in [1.165, 1.54) is 27.8 Å². The summed E-state index contributed by atoms with van der Waals surface area (Å²) in [6.07, 6.45) is 1.01. The average Bonchev–Trinajstić information content (AvgIpc) is 2.39. The van der Waals surface area contributed by atoms with Crippen LogP contribution in [-0.2, 0) is 6.42 Å². The first-order valence-electron chi connectivity index (χ1n) is 7.14. The van der Waals surface area contributed by atoms with Gasteiger partial charge in [-0.3, -0.25) is 0 Å². The summed E-state index contributed by atoms with van der Waals surface area (Å²) in [7, 11) is 0. The van der Waals surface area contributed by atoms with Crippen molar-refractivity contribution in [2.75, 3.05) is 17.6 Å². The molecule has 0 spiro atoms. The first-order chi connectivity index (χ1) is 9.47. The van der Waals surface area contributed by atoms with Gasteiger partial charge in [0, 0.05) is 6.54 Å². The largest absolute Gasteiger partial charge is 0.397 e. The molecule has 0 aromatic heterocycles. The van der Waals surface area contributed by atoms with E-state index in [9.17, 15) is 0 Å². The second kappa shape index (κ2) is 6.00. The molecule has 0 bridgehead atoms. The minimum absolute atomic E-state index is 0.827. The molecule has 2 heteroatoms. The van der Waals surface area contributed by atoms with Crippen LogP contribution in [-0.4, -0.2) is 6.54 Å². The van der Waals surface area contributed by atoms with Crippen molar-refractivity contribution in [3.63, 3.8) is 0 Å². The normalized spacial score (nSPS) is 10.6. The third kappa shape index (κ3) is 3.32. The Morgan fingerprint density at radius 2 is 1.50 bits per heavy atom. The fraction of sp³-hybridized carbons (Fsp3) is 0.333. The van der Waals surface area contributed by atoms with Crippen LogP contribution in [0.1, 0.15) is 27.8 Å². The van der Waals surface area contributed by atoms with Gasteiger partial charge in [-0.2, -0.15) is 0 Å². The molecule has 106 valence electrons. The van der Waals surface area contributed by atoms with E-state index < -0.39 is 0 Å². The lowest BCUT2D eigenvalue weighted by atomic mass is 10.0. The molecule has 0 radical (unpaired) electrons. The summed E-state index contributed by atoms with van der Waals surface area (Å²) in [5.41, 5.74) is 14.5. The van der Waals surface area contributed by atoms with Gasteiger partial charge in [-0.1, -0.05) is 18.2 Å². The highest BCUT2D eigenvalue weighted by Crippen LogP contribution is 2.23. The van der Waals surface area contributed by atoms with Gasteiger partial charge in [-0.05, 0) is 74.1 Å². The summed E-state index contributed by atoms with van der Waals surface area (Å²) in [5.74, 6) is 0. The summed E-state index contributed by atoms with van der Waals surface area (Å²) in [6, 6.07) is 10.8. The Hall–Kier alpha value is -1.96. The standard InChI is InChI=1S/C18H24N2/c1-12-5-6-16(9-13(12)2)7-8-20-18-11-15(4)14(3)10-17(18)19/h5-6,9-11,20H,7-8,19H2,1-4H3. The highest BCUT2D eigenvalue weighted by Gasteiger charge is 2.02. The quantitative estimate of drug-likeness (QED) is 0.817. The van der Waals surface area contributed by atoms with Crippen LogP contribution in [0, 0.1) is 27.7 Å². The molecule has 0 saturated carbocycles. The second-order valence-corrected chi connectivity index (χ2v) is 5.62. The lowest BCUT2D eigenvalue weighted by Gasteiger charge is -2.12. The van der Waals surface area contributed by atoms with E-state index in [0.717, 1.165) is 24.3 Å². The first kappa shape index (κ1) is 14.4.